The molecule has 1 aliphatic heterocycles. The van der Waals surface area contributed by atoms with Crippen molar-refractivity contribution in [3.63, 3.8) is 0 Å². The van der Waals surface area contributed by atoms with E-state index in [-0.39, 0.29) is 34.4 Å². The molecule has 1 aliphatic rings. The second-order valence-electron chi connectivity index (χ2n) is 10.7. The SMILES string of the molecule is CCC(CNC(=S)N=C1SCC(=O)N1c1cc(F)ccc1C(C)C)c1ccc(-c2ncn(-c3ccc(OC(F)(F)F)cc3)n2)cc1. The summed E-state index contributed by atoms with van der Waals surface area (Å²) in [7, 11) is 0. The lowest BCUT2D eigenvalue weighted by Crippen LogP contribution is -2.33. The van der Waals surface area contributed by atoms with Crippen molar-refractivity contribution in [3.05, 3.63) is 90.0 Å². The Kier molecular flexibility index (Phi) is 10.1. The normalized spacial score (nSPS) is 15.1. The van der Waals surface area contributed by atoms with Gasteiger partial charge in [-0.25, -0.2) is 14.1 Å². The van der Waals surface area contributed by atoms with Gasteiger partial charge in [0.1, 0.15) is 17.9 Å². The summed E-state index contributed by atoms with van der Waals surface area (Å²) in [6.45, 7) is 6.53. The number of amidine groups is 1. The first-order valence-electron chi connectivity index (χ1n) is 14.4. The number of benzene rings is 3. The molecule has 1 saturated heterocycles. The Balaban J connectivity index is 1.23. The summed E-state index contributed by atoms with van der Waals surface area (Å²) >= 11 is 6.78. The number of hydrogen-bond acceptors (Lipinski definition) is 6. The van der Waals surface area contributed by atoms with E-state index in [1.807, 2.05) is 38.1 Å². The monoisotopic (exact) mass is 670 g/mol. The first-order chi connectivity index (χ1) is 21.9. The lowest BCUT2D eigenvalue weighted by atomic mass is 9.95. The van der Waals surface area contributed by atoms with Gasteiger partial charge in [0.15, 0.2) is 16.1 Å². The Bertz CT molecular complexity index is 1740. The second-order valence-corrected chi connectivity index (χ2v) is 12.1. The first-order valence-corrected chi connectivity index (χ1v) is 15.8. The number of aliphatic imine (C=N–C) groups is 1. The van der Waals surface area contributed by atoms with Crippen molar-refractivity contribution in [1.29, 1.82) is 0 Å². The maximum absolute atomic E-state index is 14.2. The number of thioether (sulfide) groups is 1. The van der Waals surface area contributed by atoms with Gasteiger partial charge in [-0.1, -0.05) is 62.9 Å². The number of rotatable bonds is 9. The number of carbonyl (C=O) groups is 1. The minimum Gasteiger partial charge on any atom is -0.406 e. The van der Waals surface area contributed by atoms with Crippen LogP contribution in [0.4, 0.5) is 23.2 Å². The van der Waals surface area contributed by atoms with E-state index in [1.165, 1.54) is 64.1 Å². The van der Waals surface area contributed by atoms with Gasteiger partial charge < -0.3 is 10.1 Å². The number of anilines is 1. The summed E-state index contributed by atoms with van der Waals surface area (Å²) in [5.41, 5.74) is 3.67. The quantitative estimate of drug-likeness (QED) is 0.145. The summed E-state index contributed by atoms with van der Waals surface area (Å²) in [6, 6.07) is 17.6. The number of hydrogen-bond donors (Lipinski definition) is 1. The van der Waals surface area contributed by atoms with E-state index in [1.54, 1.807) is 6.07 Å². The Labute approximate surface area is 272 Å². The summed E-state index contributed by atoms with van der Waals surface area (Å²) in [4.78, 5) is 23.1. The Morgan fingerprint density at radius 3 is 2.48 bits per heavy atom. The topological polar surface area (TPSA) is 84.6 Å². The molecule has 1 unspecified atom stereocenters. The van der Waals surface area contributed by atoms with Crippen LogP contribution in [0.15, 0.2) is 78.0 Å². The van der Waals surface area contributed by atoms with Crippen LogP contribution in [0.2, 0.25) is 0 Å². The van der Waals surface area contributed by atoms with E-state index in [0.717, 1.165) is 23.1 Å². The van der Waals surface area contributed by atoms with E-state index < -0.39 is 12.2 Å². The van der Waals surface area contributed by atoms with Crippen LogP contribution in [0.5, 0.6) is 5.75 Å². The van der Waals surface area contributed by atoms with Gasteiger partial charge in [-0.3, -0.25) is 9.69 Å². The molecule has 14 heteroatoms. The molecule has 0 saturated carbocycles. The molecule has 1 N–H and O–H groups in total. The molecular formula is C32H30F4N6O2S2. The second kappa shape index (κ2) is 14.0. The fourth-order valence-corrected chi connectivity index (χ4v) is 6.03. The molecule has 1 amide bonds. The van der Waals surface area contributed by atoms with Crippen molar-refractivity contribution in [2.75, 3.05) is 17.2 Å². The Hall–Kier alpha value is -4.30. The van der Waals surface area contributed by atoms with Gasteiger partial charge in [0, 0.05) is 18.0 Å². The van der Waals surface area contributed by atoms with Crippen molar-refractivity contribution in [2.24, 2.45) is 4.99 Å². The molecule has 4 aromatic rings. The highest BCUT2D eigenvalue weighted by Crippen LogP contribution is 2.34. The number of alkyl halides is 3. The van der Waals surface area contributed by atoms with Crippen LogP contribution < -0.4 is 15.0 Å². The van der Waals surface area contributed by atoms with Crippen molar-refractivity contribution < 1.29 is 27.1 Å². The fraction of sp³-hybridized carbons (Fsp3) is 0.281. The zero-order valence-electron chi connectivity index (χ0n) is 25.1. The fourth-order valence-electron chi connectivity index (χ4n) is 4.94. The number of nitrogens with one attached hydrogen (secondary N) is 1. The average Bonchev–Trinajstić information content (AvgIpc) is 3.64. The average molecular weight is 671 g/mol. The molecule has 5 rings (SSSR count). The summed E-state index contributed by atoms with van der Waals surface area (Å²) < 4.78 is 56.9. The third-order valence-electron chi connectivity index (χ3n) is 7.28. The maximum atomic E-state index is 14.2. The number of nitrogens with zero attached hydrogens (tertiary/aromatic N) is 5. The Morgan fingerprint density at radius 1 is 1.11 bits per heavy atom. The molecule has 2 heterocycles. The van der Waals surface area contributed by atoms with E-state index in [2.05, 4.69) is 32.1 Å². The zero-order chi connectivity index (χ0) is 33.0. The van der Waals surface area contributed by atoms with Crippen LogP contribution in [0.1, 0.15) is 50.2 Å². The van der Waals surface area contributed by atoms with E-state index in [4.69, 9.17) is 12.2 Å². The summed E-state index contributed by atoms with van der Waals surface area (Å²) in [6.07, 6.45) is -2.46. The lowest BCUT2D eigenvalue weighted by Gasteiger charge is -2.22. The molecule has 0 bridgehead atoms. The molecule has 0 aliphatic carbocycles. The van der Waals surface area contributed by atoms with Crippen molar-refractivity contribution in [3.8, 4) is 22.8 Å². The standard InChI is InChI=1S/C32H30F4N6O2S2/c1-4-20(16-37-30(45)39-31-42(28(43)17-46-31)27-15-23(33)9-14-26(27)19(2)3)21-5-7-22(8-6-21)29-38-18-41(40-29)24-10-12-25(13-11-24)44-32(34,35)36/h5-15,18-20H,4,16-17H2,1-3H3,(H,37,45). The van der Waals surface area contributed by atoms with Crippen LogP contribution in [0.25, 0.3) is 17.1 Å². The summed E-state index contributed by atoms with van der Waals surface area (Å²) in [5.74, 6) is -0.116. The summed E-state index contributed by atoms with van der Waals surface area (Å²) in [5, 5.41) is 8.29. The lowest BCUT2D eigenvalue weighted by molar-refractivity contribution is -0.274. The molecular weight excluding hydrogens is 641 g/mol. The van der Waals surface area contributed by atoms with Crippen molar-refractivity contribution in [2.45, 2.75) is 45.4 Å². The van der Waals surface area contributed by atoms with Gasteiger partial charge in [-0.05, 0) is 72.1 Å². The molecule has 46 heavy (non-hydrogen) atoms. The predicted molar refractivity (Wildman–Crippen MR) is 175 cm³/mol. The number of amides is 1. The van der Waals surface area contributed by atoms with E-state index >= 15 is 0 Å². The van der Waals surface area contributed by atoms with Gasteiger partial charge in [-0.15, -0.1) is 18.3 Å². The van der Waals surface area contributed by atoms with Crippen molar-refractivity contribution in [1.82, 2.24) is 20.1 Å². The largest absolute Gasteiger partial charge is 0.573 e. The third kappa shape index (κ3) is 7.91. The minimum absolute atomic E-state index is 0.0750. The highest BCUT2D eigenvalue weighted by molar-refractivity contribution is 8.15. The van der Waals surface area contributed by atoms with Crippen LogP contribution >= 0.6 is 24.0 Å². The number of carbonyl (C=O) groups excluding carboxylic acids is 1. The zero-order valence-corrected chi connectivity index (χ0v) is 26.7. The van der Waals surface area contributed by atoms with Gasteiger partial charge >= 0.3 is 6.36 Å². The first kappa shape index (κ1) is 33.1. The molecule has 8 nitrogen and oxygen atoms in total. The highest BCUT2D eigenvalue weighted by atomic mass is 32.2. The van der Waals surface area contributed by atoms with E-state index in [9.17, 15) is 22.4 Å². The molecule has 1 fully saturated rings. The van der Waals surface area contributed by atoms with Crippen LogP contribution in [-0.4, -0.2) is 49.6 Å². The number of ether oxygens (including phenoxy) is 1. The number of aromatic nitrogens is 3. The molecule has 1 atom stereocenters. The molecule has 1 aromatic heterocycles. The molecule has 3 aromatic carbocycles. The highest BCUT2D eigenvalue weighted by Gasteiger charge is 2.33. The molecule has 240 valence electrons. The maximum Gasteiger partial charge on any atom is 0.573 e. The van der Waals surface area contributed by atoms with Crippen molar-refractivity contribution >= 4 is 45.9 Å². The minimum atomic E-state index is -4.76. The van der Waals surface area contributed by atoms with Gasteiger partial charge in [-0.2, -0.15) is 4.99 Å². The smallest absolute Gasteiger partial charge is 0.406 e. The van der Waals surface area contributed by atoms with Crippen LogP contribution in [0, 0.1) is 5.82 Å². The van der Waals surface area contributed by atoms with Gasteiger partial charge in [0.05, 0.1) is 17.1 Å². The predicted octanol–water partition coefficient (Wildman–Crippen LogP) is 7.60. The van der Waals surface area contributed by atoms with Gasteiger partial charge in [0.2, 0.25) is 5.91 Å². The number of halogens is 4. The molecule has 0 spiro atoms. The number of thiocarbonyl (C=S) groups is 1. The molecule has 0 radical (unpaired) electrons. The van der Waals surface area contributed by atoms with Gasteiger partial charge in [0.25, 0.3) is 0 Å². The van der Waals surface area contributed by atoms with E-state index in [0.29, 0.717) is 28.9 Å². The third-order valence-corrected chi connectivity index (χ3v) is 8.44. The Morgan fingerprint density at radius 2 is 1.83 bits per heavy atom. The van der Waals surface area contributed by atoms with Crippen LogP contribution in [-0.2, 0) is 4.79 Å². The van der Waals surface area contributed by atoms with Crippen LogP contribution in [0.3, 0.4) is 0 Å².